The lowest BCUT2D eigenvalue weighted by molar-refractivity contribution is -0.120. The number of hydrogen-bond donors (Lipinski definition) is 1. The van der Waals surface area contributed by atoms with E-state index in [9.17, 15) is 4.79 Å². The first-order valence-corrected chi connectivity index (χ1v) is 5.61. The van der Waals surface area contributed by atoms with E-state index in [2.05, 4.69) is 25.2 Å². The van der Waals surface area contributed by atoms with Crippen molar-refractivity contribution >= 4 is 11.6 Å². The van der Waals surface area contributed by atoms with Crippen LogP contribution in [0.5, 0.6) is 0 Å². The van der Waals surface area contributed by atoms with E-state index in [0.29, 0.717) is 6.54 Å². The number of aryl methyl sites for hydroxylation is 1. The van der Waals surface area contributed by atoms with Gasteiger partial charge in [0.15, 0.2) is 0 Å². The molecule has 1 saturated heterocycles. The van der Waals surface area contributed by atoms with Crippen LogP contribution >= 0.6 is 0 Å². The van der Waals surface area contributed by atoms with Crippen LogP contribution in [-0.2, 0) is 4.79 Å². The quantitative estimate of drug-likeness (QED) is 0.778. The van der Waals surface area contributed by atoms with Crippen molar-refractivity contribution < 1.29 is 4.79 Å². The van der Waals surface area contributed by atoms with Crippen molar-refractivity contribution in [2.45, 2.75) is 26.3 Å². The van der Waals surface area contributed by atoms with Crippen LogP contribution in [0.2, 0.25) is 0 Å². The van der Waals surface area contributed by atoms with Gasteiger partial charge >= 0.3 is 0 Å². The maximum atomic E-state index is 12.0. The summed E-state index contributed by atoms with van der Waals surface area (Å²) in [7, 11) is 0. The molecule has 2 rings (SSSR count). The van der Waals surface area contributed by atoms with E-state index in [1.807, 2.05) is 30.0 Å². The summed E-state index contributed by atoms with van der Waals surface area (Å²) in [5, 5.41) is 3.15. The lowest BCUT2D eigenvalue weighted by Crippen LogP contribution is -2.61. The van der Waals surface area contributed by atoms with E-state index in [1.165, 1.54) is 5.56 Å². The molecule has 3 heteroatoms. The van der Waals surface area contributed by atoms with Crippen LogP contribution in [0.3, 0.4) is 0 Å². The first-order chi connectivity index (χ1) is 7.50. The molecule has 0 bridgehead atoms. The van der Waals surface area contributed by atoms with Crippen LogP contribution in [0, 0.1) is 6.92 Å². The van der Waals surface area contributed by atoms with Crippen molar-refractivity contribution in [2.75, 3.05) is 18.0 Å². The van der Waals surface area contributed by atoms with Crippen LogP contribution < -0.4 is 10.2 Å². The van der Waals surface area contributed by atoms with E-state index < -0.39 is 0 Å². The number of rotatable bonds is 1. The molecule has 1 aliphatic rings. The Kier molecular flexibility index (Phi) is 2.72. The summed E-state index contributed by atoms with van der Waals surface area (Å²) in [5.41, 5.74) is 2.01. The highest BCUT2D eigenvalue weighted by Gasteiger charge is 2.35. The van der Waals surface area contributed by atoms with Gasteiger partial charge in [-0.1, -0.05) is 12.1 Å². The van der Waals surface area contributed by atoms with E-state index >= 15 is 0 Å². The smallest absolute Gasteiger partial charge is 0.241 e. The maximum absolute atomic E-state index is 12.0. The highest BCUT2D eigenvalue weighted by atomic mass is 16.2. The van der Waals surface area contributed by atoms with Crippen molar-refractivity contribution in [3.8, 4) is 0 Å². The standard InChI is InChI=1S/C13H18N2O/c1-10-5-4-6-11(7-10)15-12(16)8-14-9-13(15,2)3/h4-7,14H,8-9H2,1-3H3. The Morgan fingerprint density at radius 2 is 2.12 bits per heavy atom. The summed E-state index contributed by atoms with van der Waals surface area (Å²) in [6, 6.07) is 8.10. The molecule has 1 aliphatic heterocycles. The van der Waals surface area contributed by atoms with Crippen molar-refractivity contribution in [2.24, 2.45) is 0 Å². The Morgan fingerprint density at radius 3 is 2.75 bits per heavy atom. The molecule has 86 valence electrons. The average Bonchev–Trinajstić information content (AvgIpc) is 2.15. The molecule has 0 spiro atoms. The van der Waals surface area contributed by atoms with E-state index in [4.69, 9.17) is 0 Å². The Morgan fingerprint density at radius 1 is 1.38 bits per heavy atom. The summed E-state index contributed by atoms with van der Waals surface area (Å²) < 4.78 is 0. The molecule has 0 atom stereocenters. The molecule has 3 nitrogen and oxygen atoms in total. The molecular weight excluding hydrogens is 200 g/mol. The summed E-state index contributed by atoms with van der Waals surface area (Å²) in [5.74, 6) is 0.141. The third-order valence-corrected chi connectivity index (χ3v) is 2.95. The summed E-state index contributed by atoms with van der Waals surface area (Å²) in [6.45, 7) is 7.46. The lowest BCUT2D eigenvalue weighted by atomic mass is 9.98. The van der Waals surface area contributed by atoms with Crippen LogP contribution in [0.15, 0.2) is 24.3 Å². The van der Waals surface area contributed by atoms with Gasteiger partial charge in [0.05, 0.1) is 12.1 Å². The van der Waals surface area contributed by atoms with Gasteiger partial charge in [-0.15, -0.1) is 0 Å². The highest BCUT2D eigenvalue weighted by molar-refractivity contribution is 5.97. The third-order valence-electron chi connectivity index (χ3n) is 2.95. The zero-order valence-electron chi connectivity index (χ0n) is 10.1. The maximum Gasteiger partial charge on any atom is 0.241 e. The summed E-state index contributed by atoms with van der Waals surface area (Å²) in [6.07, 6.45) is 0. The van der Waals surface area contributed by atoms with Gasteiger partial charge in [-0.25, -0.2) is 0 Å². The molecule has 1 aromatic rings. The fraction of sp³-hybridized carbons (Fsp3) is 0.462. The number of carbonyl (C=O) groups excluding carboxylic acids is 1. The van der Waals surface area contributed by atoms with E-state index in [0.717, 1.165) is 12.2 Å². The molecule has 0 saturated carbocycles. The van der Waals surface area contributed by atoms with Gasteiger partial charge in [0.2, 0.25) is 5.91 Å². The molecule has 0 radical (unpaired) electrons. The Hall–Kier alpha value is -1.35. The normalized spacial score (nSPS) is 19.9. The minimum Gasteiger partial charge on any atom is -0.306 e. The largest absolute Gasteiger partial charge is 0.306 e. The second kappa shape index (κ2) is 3.91. The Labute approximate surface area is 96.5 Å². The first-order valence-electron chi connectivity index (χ1n) is 5.61. The van der Waals surface area contributed by atoms with Crippen molar-refractivity contribution in [3.63, 3.8) is 0 Å². The SMILES string of the molecule is Cc1cccc(N2C(=O)CNCC2(C)C)c1. The summed E-state index contributed by atoms with van der Waals surface area (Å²) >= 11 is 0. The number of piperazine rings is 1. The second-order valence-corrected chi connectivity index (χ2v) is 4.98. The number of anilines is 1. The average molecular weight is 218 g/mol. The minimum atomic E-state index is -0.164. The van der Waals surface area contributed by atoms with Crippen LogP contribution in [0.1, 0.15) is 19.4 Å². The fourth-order valence-corrected chi connectivity index (χ4v) is 2.23. The van der Waals surface area contributed by atoms with Crippen LogP contribution in [-0.4, -0.2) is 24.5 Å². The molecule has 0 aromatic heterocycles. The van der Waals surface area contributed by atoms with Crippen LogP contribution in [0.4, 0.5) is 5.69 Å². The van der Waals surface area contributed by atoms with Gasteiger partial charge in [0, 0.05) is 12.2 Å². The van der Waals surface area contributed by atoms with Crippen molar-refractivity contribution in [1.29, 1.82) is 0 Å². The van der Waals surface area contributed by atoms with Crippen molar-refractivity contribution in [1.82, 2.24) is 5.32 Å². The zero-order chi connectivity index (χ0) is 11.8. The molecule has 1 N–H and O–H groups in total. The lowest BCUT2D eigenvalue weighted by Gasteiger charge is -2.42. The summed E-state index contributed by atoms with van der Waals surface area (Å²) in [4.78, 5) is 13.9. The molecule has 16 heavy (non-hydrogen) atoms. The number of carbonyl (C=O) groups is 1. The molecule has 1 amide bonds. The van der Waals surface area contributed by atoms with Crippen molar-refractivity contribution in [3.05, 3.63) is 29.8 Å². The van der Waals surface area contributed by atoms with E-state index in [-0.39, 0.29) is 11.4 Å². The topological polar surface area (TPSA) is 32.3 Å². The van der Waals surface area contributed by atoms with Gasteiger partial charge in [-0.2, -0.15) is 0 Å². The fourth-order valence-electron chi connectivity index (χ4n) is 2.23. The van der Waals surface area contributed by atoms with Gasteiger partial charge < -0.3 is 10.2 Å². The number of amides is 1. The molecule has 1 heterocycles. The number of nitrogens with zero attached hydrogens (tertiary/aromatic N) is 1. The third kappa shape index (κ3) is 1.95. The highest BCUT2D eigenvalue weighted by Crippen LogP contribution is 2.26. The van der Waals surface area contributed by atoms with Gasteiger partial charge in [-0.3, -0.25) is 4.79 Å². The predicted molar refractivity (Wildman–Crippen MR) is 65.6 cm³/mol. The van der Waals surface area contributed by atoms with Gasteiger partial charge in [0.1, 0.15) is 0 Å². The van der Waals surface area contributed by atoms with Gasteiger partial charge in [0.25, 0.3) is 0 Å². The number of benzene rings is 1. The Balaban J connectivity index is 2.40. The molecule has 0 aliphatic carbocycles. The second-order valence-electron chi connectivity index (χ2n) is 4.98. The van der Waals surface area contributed by atoms with Crippen LogP contribution in [0.25, 0.3) is 0 Å². The number of hydrogen-bond acceptors (Lipinski definition) is 2. The predicted octanol–water partition coefficient (Wildman–Crippen LogP) is 1.71. The molecule has 0 unspecified atom stereocenters. The molecular formula is C13H18N2O. The van der Waals surface area contributed by atoms with E-state index in [1.54, 1.807) is 0 Å². The minimum absolute atomic E-state index is 0.141. The molecule has 1 aromatic carbocycles. The number of nitrogens with one attached hydrogen (secondary N) is 1. The molecule has 1 fully saturated rings. The monoisotopic (exact) mass is 218 g/mol. The van der Waals surface area contributed by atoms with Gasteiger partial charge in [-0.05, 0) is 38.5 Å². The first kappa shape index (κ1) is 11.1. The Bertz CT molecular complexity index is 412. The zero-order valence-corrected chi connectivity index (χ0v) is 10.1.